The summed E-state index contributed by atoms with van der Waals surface area (Å²) >= 11 is 6.13. The number of hydrogen-bond donors (Lipinski definition) is 1. The van der Waals surface area contributed by atoms with Crippen molar-refractivity contribution in [2.75, 3.05) is 7.05 Å². The lowest BCUT2D eigenvalue weighted by Gasteiger charge is -2.18. The average molecular weight is 372 g/mol. The molecule has 3 aromatic rings. The molecule has 26 heavy (non-hydrogen) atoms. The normalized spacial score (nSPS) is 10.9. The Kier molecular flexibility index (Phi) is 4.95. The van der Waals surface area contributed by atoms with Gasteiger partial charge in [-0.2, -0.15) is 0 Å². The molecule has 0 aliphatic heterocycles. The van der Waals surface area contributed by atoms with Crippen LogP contribution in [0, 0.1) is 17.0 Å². The van der Waals surface area contributed by atoms with Crippen LogP contribution in [-0.2, 0) is 17.8 Å². The zero-order valence-corrected chi connectivity index (χ0v) is 15.2. The SMILES string of the molecule is Cc1[nH]c2ccccc2c1CC(=O)N(C)Cc1cc([N+](=O)[O-])ccc1Cl. The first-order valence-corrected chi connectivity index (χ1v) is 8.47. The molecule has 0 bridgehead atoms. The number of benzene rings is 2. The van der Waals surface area contributed by atoms with Crippen molar-refractivity contribution in [3.05, 3.63) is 74.4 Å². The molecule has 134 valence electrons. The average Bonchev–Trinajstić information content (AvgIpc) is 2.92. The van der Waals surface area contributed by atoms with Gasteiger partial charge in [0.05, 0.1) is 11.3 Å². The van der Waals surface area contributed by atoms with Gasteiger partial charge in [-0.1, -0.05) is 29.8 Å². The monoisotopic (exact) mass is 371 g/mol. The number of nitro benzene ring substituents is 1. The Morgan fingerprint density at radius 1 is 1.27 bits per heavy atom. The molecule has 0 saturated carbocycles. The zero-order valence-electron chi connectivity index (χ0n) is 14.5. The van der Waals surface area contributed by atoms with E-state index in [1.807, 2.05) is 31.2 Å². The standard InChI is InChI=1S/C19H18ClN3O3/c1-12-16(15-5-3-4-6-18(15)21-12)10-19(24)22(2)11-13-9-14(23(25)26)7-8-17(13)20/h3-9,21H,10-11H2,1-2H3. The van der Waals surface area contributed by atoms with Gasteiger partial charge in [-0.05, 0) is 30.2 Å². The minimum absolute atomic E-state index is 0.0438. The molecule has 1 heterocycles. The minimum Gasteiger partial charge on any atom is -0.358 e. The van der Waals surface area contributed by atoms with Crippen LogP contribution in [-0.4, -0.2) is 27.8 Å². The lowest BCUT2D eigenvalue weighted by molar-refractivity contribution is -0.384. The first-order chi connectivity index (χ1) is 12.4. The van der Waals surface area contributed by atoms with E-state index in [9.17, 15) is 14.9 Å². The van der Waals surface area contributed by atoms with E-state index in [0.717, 1.165) is 22.2 Å². The fourth-order valence-corrected chi connectivity index (χ4v) is 3.17. The van der Waals surface area contributed by atoms with E-state index in [2.05, 4.69) is 4.98 Å². The molecular weight excluding hydrogens is 354 g/mol. The fraction of sp³-hybridized carbons (Fsp3) is 0.211. The highest BCUT2D eigenvalue weighted by Gasteiger charge is 2.17. The lowest BCUT2D eigenvalue weighted by Crippen LogP contribution is -2.28. The Morgan fingerprint density at radius 2 is 2.00 bits per heavy atom. The van der Waals surface area contributed by atoms with E-state index in [4.69, 9.17) is 11.6 Å². The quantitative estimate of drug-likeness (QED) is 0.538. The van der Waals surface area contributed by atoms with E-state index < -0.39 is 4.92 Å². The number of fused-ring (bicyclic) bond motifs is 1. The number of aryl methyl sites for hydroxylation is 1. The van der Waals surface area contributed by atoms with Crippen molar-refractivity contribution in [1.82, 2.24) is 9.88 Å². The third kappa shape index (κ3) is 3.55. The van der Waals surface area contributed by atoms with Crippen molar-refractivity contribution in [2.24, 2.45) is 0 Å². The number of nitrogens with one attached hydrogen (secondary N) is 1. The third-order valence-corrected chi connectivity index (χ3v) is 4.80. The summed E-state index contributed by atoms with van der Waals surface area (Å²) in [7, 11) is 1.67. The molecular formula is C19H18ClN3O3. The van der Waals surface area contributed by atoms with E-state index in [0.29, 0.717) is 10.6 Å². The molecule has 1 amide bonds. The third-order valence-electron chi connectivity index (χ3n) is 4.43. The molecule has 3 rings (SSSR count). The van der Waals surface area contributed by atoms with E-state index in [1.165, 1.54) is 23.1 Å². The summed E-state index contributed by atoms with van der Waals surface area (Å²) < 4.78 is 0. The molecule has 0 fully saturated rings. The van der Waals surface area contributed by atoms with Crippen LogP contribution in [0.4, 0.5) is 5.69 Å². The Hall–Kier alpha value is -2.86. The molecule has 7 heteroatoms. The number of halogens is 1. The Morgan fingerprint density at radius 3 is 2.73 bits per heavy atom. The number of H-pyrrole nitrogens is 1. The van der Waals surface area contributed by atoms with Crippen LogP contribution >= 0.6 is 11.6 Å². The minimum atomic E-state index is -0.475. The number of para-hydroxylation sites is 1. The number of aromatic amines is 1. The highest BCUT2D eigenvalue weighted by atomic mass is 35.5. The number of amides is 1. The topological polar surface area (TPSA) is 79.2 Å². The van der Waals surface area contributed by atoms with Crippen LogP contribution in [0.2, 0.25) is 5.02 Å². The predicted octanol–water partition coefficient (Wildman–Crippen LogP) is 4.24. The smallest absolute Gasteiger partial charge is 0.269 e. The highest BCUT2D eigenvalue weighted by Crippen LogP contribution is 2.25. The first kappa shape index (κ1) is 17.9. The molecule has 1 N–H and O–H groups in total. The molecule has 6 nitrogen and oxygen atoms in total. The molecule has 0 aliphatic carbocycles. The van der Waals surface area contributed by atoms with Crippen molar-refractivity contribution < 1.29 is 9.72 Å². The summed E-state index contributed by atoms with van der Waals surface area (Å²) in [6.07, 6.45) is 0.249. The zero-order chi connectivity index (χ0) is 18.8. The lowest BCUT2D eigenvalue weighted by atomic mass is 10.1. The van der Waals surface area contributed by atoms with Crippen LogP contribution in [0.5, 0.6) is 0 Å². The first-order valence-electron chi connectivity index (χ1n) is 8.09. The van der Waals surface area contributed by atoms with Gasteiger partial charge < -0.3 is 9.88 Å². The Labute approximate surface area is 155 Å². The Balaban J connectivity index is 1.79. The number of likely N-dealkylation sites (N-methyl/N-ethyl adjacent to an activating group) is 1. The van der Waals surface area contributed by atoms with Crippen molar-refractivity contribution in [3.8, 4) is 0 Å². The molecule has 2 aromatic carbocycles. The van der Waals surface area contributed by atoms with Crippen LogP contribution < -0.4 is 0 Å². The number of carbonyl (C=O) groups excluding carboxylic acids is 1. The van der Waals surface area contributed by atoms with Gasteiger partial charge in [0.1, 0.15) is 0 Å². The van der Waals surface area contributed by atoms with Gasteiger partial charge in [0.25, 0.3) is 5.69 Å². The van der Waals surface area contributed by atoms with Gasteiger partial charge in [-0.15, -0.1) is 0 Å². The molecule has 0 aliphatic rings. The second-order valence-electron chi connectivity index (χ2n) is 6.23. The van der Waals surface area contributed by atoms with Crippen molar-refractivity contribution in [1.29, 1.82) is 0 Å². The van der Waals surface area contributed by atoms with Crippen molar-refractivity contribution >= 4 is 34.1 Å². The molecule has 0 unspecified atom stereocenters. The highest BCUT2D eigenvalue weighted by molar-refractivity contribution is 6.31. The van der Waals surface area contributed by atoms with E-state index in [1.54, 1.807) is 7.05 Å². The largest absolute Gasteiger partial charge is 0.358 e. The van der Waals surface area contributed by atoms with Gasteiger partial charge in [-0.3, -0.25) is 14.9 Å². The Bertz CT molecular complexity index is 997. The second-order valence-corrected chi connectivity index (χ2v) is 6.64. The molecule has 0 radical (unpaired) electrons. The maximum Gasteiger partial charge on any atom is 0.269 e. The van der Waals surface area contributed by atoms with Gasteiger partial charge in [0.2, 0.25) is 5.91 Å². The van der Waals surface area contributed by atoms with Crippen LogP contribution in [0.1, 0.15) is 16.8 Å². The number of nitro groups is 1. The summed E-state index contributed by atoms with van der Waals surface area (Å²) in [5.74, 6) is -0.0829. The maximum absolute atomic E-state index is 12.7. The molecule has 0 saturated heterocycles. The number of nitrogens with zero attached hydrogens (tertiary/aromatic N) is 2. The van der Waals surface area contributed by atoms with Crippen molar-refractivity contribution in [3.63, 3.8) is 0 Å². The summed E-state index contributed by atoms with van der Waals surface area (Å²) in [6.45, 7) is 2.15. The van der Waals surface area contributed by atoms with Crippen LogP contribution in [0.15, 0.2) is 42.5 Å². The van der Waals surface area contributed by atoms with Gasteiger partial charge in [0.15, 0.2) is 0 Å². The van der Waals surface area contributed by atoms with Crippen LogP contribution in [0.25, 0.3) is 10.9 Å². The molecule has 1 aromatic heterocycles. The summed E-state index contributed by atoms with van der Waals surface area (Å²) in [6, 6.07) is 12.1. The fourth-order valence-electron chi connectivity index (χ4n) is 2.99. The van der Waals surface area contributed by atoms with E-state index >= 15 is 0 Å². The molecule has 0 spiro atoms. The number of rotatable bonds is 5. The van der Waals surface area contributed by atoms with Gasteiger partial charge >= 0.3 is 0 Å². The number of carbonyl (C=O) groups is 1. The number of non-ortho nitro benzene ring substituents is 1. The summed E-state index contributed by atoms with van der Waals surface area (Å²) in [4.78, 5) is 28.0. The summed E-state index contributed by atoms with van der Waals surface area (Å²) in [5, 5.41) is 12.4. The second kappa shape index (κ2) is 7.17. The number of hydrogen-bond acceptors (Lipinski definition) is 3. The predicted molar refractivity (Wildman–Crippen MR) is 101 cm³/mol. The van der Waals surface area contributed by atoms with Crippen molar-refractivity contribution in [2.45, 2.75) is 19.9 Å². The maximum atomic E-state index is 12.7. The van der Waals surface area contributed by atoms with Gasteiger partial charge in [-0.25, -0.2) is 0 Å². The molecule has 0 atom stereocenters. The van der Waals surface area contributed by atoms with E-state index in [-0.39, 0.29) is 24.6 Å². The summed E-state index contributed by atoms with van der Waals surface area (Å²) in [5.41, 5.74) is 3.42. The van der Waals surface area contributed by atoms with Crippen LogP contribution in [0.3, 0.4) is 0 Å². The number of aromatic nitrogens is 1. The van der Waals surface area contributed by atoms with Gasteiger partial charge in [0, 0.05) is 47.3 Å².